The fourth-order valence-corrected chi connectivity index (χ4v) is 1.26. The number of hydrogen-bond acceptors (Lipinski definition) is 4. The molecule has 0 aliphatic heterocycles. The lowest BCUT2D eigenvalue weighted by atomic mass is 9.64. The third-order valence-electron chi connectivity index (χ3n) is 2.13. The highest BCUT2D eigenvalue weighted by atomic mass is 19.1. The summed E-state index contributed by atoms with van der Waals surface area (Å²) in [4.78, 5) is 0. The Bertz CT molecular complexity index is 269. The van der Waals surface area contributed by atoms with Crippen LogP contribution < -0.4 is 0 Å². The number of hydrogen-bond donors (Lipinski definition) is 2. The molecule has 0 fully saturated rings. The Labute approximate surface area is 85.9 Å². The average Bonchev–Trinajstić information content (AvgIpc) is 2.21. The van der Waals surface area contributed by atoms with E-state index in [4.69, 9.17) is 10.0 Å². The largest absolute Gasteiger partial charge is 0.490 e. The summed E-state index contributed by atoms with van der Waals surface area (Å²) in [6.07, 6.45) is 3.94. The van der Waals surface area contributed by atoms with Gasteiger partial charge in [0.2, 0.25) is 6.86 Å². The summed E-state index contributed by atoms with van der Waals surface area (Å²) in [6, 6.07) is 0. The average molecular weight is 220 g/mol. The first-order chi connectivity index (χ1) is 7.14. The van der Waals surface area contributed by atoms with Gasteiger partial charge in [-0.2, -0.15) is 0 Å². The fraction of sp³-hybridized carbons (Fsp3) is 0.500. The first-order valence-corrected chi connectivity index (χ1v) is 4.29. The minimum absolute atomic E-state index is 0.000417. The molecule has 0 amide bonds. The molecule has 84 valence electrons. The summed E-state index contributed by atoms with van der Waals surface area (Å²) < 4.78 is 33.0. The Morgan fingerprint density at radius 2 is 2.13 bits per heavy atom. The van der Waals surface area contributed by atoms with Crippen molar-refractivity contribution in [1.82, 2.24) is 0 Å². The Morgan fingerprint density at radius 3 is 2.53 bits per heavy atom. The van der Waals surface area contributed by atoms with Gasteiger partial charge < -0.3 is 19.5 Å². The van der Waals surface area contributed by atoms with Crippen LogP contribution in [0.15, 0.2) is 24.0 Å². The molecule has 0 radical (unpaired) electrons. The molecule has 0 spiro atoms. The van der Waals surface area contributed by atoms with E-state index in [1.807, 2.05) is 0 Å². The van der Waals surface area contributed by atoms with Crippen molar-refractivity contribution in [3.63, 3.8) is 0 Å². The lowest BCUT2D eigenvalue weighted by Crippen LogP contribution is -2.47. The van der Waals surface area contributed by atoms with Crippen LogP contribution in [0.4, 0.5) is 8.78 Å². The standard InChI is InChI=1S/C8H11BF2O4/c10-5-14-7-1-3-8(4-2-7,9(12)13)15-6-11/h1-3,12-13H,4-6H2. The molecule has 7 heteroatoms. The third kappa shape index (κ3) is 2.77. The number of halogens is 2. The summed E-state index contributed by atoms with van der Waals surface area (Å²) >= 11 is 0. The molecule has 2 N–H and O–H groups in total. The molecule has 0 bridgehead atoms. The molecule has 0 heterocycles. The maximum atomic E-state index is 12.0. The second-order valence-electron chi connectivity index (χ2n) is 2.98. The summed E-state index contributed by atoms with van der Waals surface area (Å²) in [5.74, 6) is 0.247. The quantitative estimate of drug-likeness (QED) is 0.661. The number of allylic oxidation sites excluding steroid dienone is 1. The molecule has 0 aromatic heterocycles. The second-order valence-corrected chi connectivity index (χ2v) is 2.98. The SMILES string of the molecule is OB(O)C1(OCF)C=CC(OCF)=CC1. The van der Waals surface area contributed by atoms with Crippen molar-refractivity contribution in [3.05, 3.63) is 24.0 Å². The zero-order valence-corrected chi connectivity index (χ0v) is 7.90. The van der Waals surface area contributed by atoms with Gasteiger partial charge in [0, 0.05) is 6.42 Å². The van der Waals surface area contributed by atoms with Gasteiger partial charge in [0.15, 0.2) is 6.86 Å². The Kier molecular flexibility index (Phi) is 4.25. The van der Waals surface area contributed by atoms with Gasteiger partial charge >= 0.3 is 7.12 Å². The van der Waals surface area contributed by atoms with E-state index in [9.17, 15) is 8.78 Å². The van der Waals surface area contributed by atoms with Crippen molar-refractivity contribution in [3.8, 4) is 0 Å². The van der Waals surface area contributed by atoms with Crippen LogP contribution in [0.5, 0.6) is 0 Å². The van der Waals surface area contributed by atoms with Crippen LogP contribution in [0, 0.1) is 0 Å². The van der Waals surface area contributed by atoms with Gasteiger partial charge in [-0.25, -0.2) is 8.78 Å². The first kappa shape index (κ1) is 12.2. The molecule has 1 atom stereocenters. The van der Waals surface area contributed by atoms with E-state index in [2.05, 4.69) is 9.47 Å². The fourth-order valence-electron chi connectivity index (χ4n) is 1.26. The molecule has 1 aliphatic carbocycles. The monoisotopic (exact) mass is 220 g/mol. The summed E-state index contributed by atoms with van der Waals surface area (Å²) in [6.45, 7) is -2.12. The molecule has 1 aliphatic rings. The van der Waals surface area contributed by atoms with E-state index in [1.165, 1.54) is 18.2 Å². The van der Waals surface area contributed by atoms with E-state index in [0.29, 0.717) is 0 Å². The number of ether oxygens (including phenoxy) is 2. The molecule has 0 saturated heterocycles. The molecule has 0 aromatic rings. The van der Waals surface area contributed by atoms with Crippen molar-refractivity contribution in [2.75, 3.05) is 13.7 Å². The highest BCUT2D eigenvalue weighted by Gasteiger charge is 2.42. The van der Waals surface area contributed by atoms with Crippen molar-refractivity contribution < 1.29 is 28.3 Å². The van der Waals surface area contributed by atoms with E-state index >= 15 is 0 Å². The molecule has 0 saturated carbocycles. The summed E-state index contributed by atoms with van der Waals surface area (Å²) in [5, 5.41) is 18.1. The van der Waals surface area contributed by atoms with E-state index in [-0.39, 0.29) is 12.2 Å². The minimum atomic E-state index is -1.85. The predicted molar refractivity (Wildman–Crippen MR) is 48.9 cm³/mol. The maximum absolute atomic E-state index is 12.0. The molecule has 4 nitrogen and oxygen atoms in total. The van der Waals surface area contributed by atoms with Gasteiger partial charge in [0.1, 0.15) is 11.3 Å². The summed E-state index contributed by atoms with van der Waals surface area (Å²) in [7, 11) is -1.85. The Balaban J connectivity index is 2.70. The highest BCUT2D eigenvalue weighted by molar-refractivity contribution is 6.46. The van der Waals surface area contributed by atoms with Crippen LogP contribution in [0.1, 0.15) is 6.42 Å². The molecule has 1 unspecified atom stereocenters. The van der Waals surface area contributed by atoms with Crippen molar-refractivity contribution in [1.29, 1.82) is 0 Å². The molecular formula is C8H11BF2O4. The molecule has 15 heavy (non-hydrogen) atoms. The lowest BCUT2D eigenvalue weighted by Gasteiger charge is -2.29. The lowest BCUT2D eigenvalue weighted by molar-refractivity contribution is -0.0256. The van der Waals surface area contributed by atoms with Crippen LogP contribution in [0.25, 0.3) is 0 Å². The van der Waals surface area contributed by atoms with Gasteiger partial charge in [0.05, 0.1) is 0 Å². The second kappa shape index (κ2) is 5.25. The normalized spacial score (nSPS) is 24.9. The molecule has 1 rings (SSSR count). The smallest absolute Gasteiger partial charge is 0.463 e. The maximum Gasteiger partial charge on any atom is 0.490 e. The van der Waals surface area contributed by atoms with Crippen LogP contribution in [0.2, 0.25) is 0 Å². The Morgan fingerprint density at radius 1 is 1.40 bits per heavy atom. The van der Waals surface area contributed by atoms with Crippen molar-refractivity contribution >= 4 is 7.12 Å². The minimum Gasteiger partial charge on any atom is -0.463 e. The van der Waals surface area contributed by atoms with Crippen LogP contribution in [-0.4, -0.2) is 36.4 Å². The van der Waals surface area contributed by atoms with Crippen LogP contribution >= 0.6 is 0 Å². The number of alkyl halides is 2. The third-order valence-corrected chi connectivity index (χ3v) is 2.13. The van der Waals surface area contributed by atoms with Gasteiger partial charge in [-0.15, -0.1) is 0 Å². The number of rotatable bonds is 5. The Hall–Kier alpha value is -0.915. The zero-order valence-electron chi connectivity index (χ0n) is 7.90. The highest BCUT2D eigenvalue weighted by Crippen LogP contribution is 2.26. The molecular weight excluding hydrogens is 209 g/mol. The topological polar surface area (TPSA) is 58.9 Å². The zero-order chi connectivity index (χ0) is 11.3. The van der Waals surface area contributed by atoms with Gasteiger partial charge in [-0.05, 0) is 12.2 Å². The van der Waals surface area contributed by atoms with Crippen LogP contribution in [-0.2, 0) is 9.47 Å². The van der Waals surface area contributed by atoms with Crippen molar-refractivity contribution in [2.24, 2.45) is 0 Å². The van der Waals surface area contributed by atoms with Crippen LogP contribution in [0.3, 0.4) is 0 Å². The van der Waals surface area contributed by atoms with E-state index in [0.717, 1.165) is 0 Å². The van der Waals surface area contributed by atoms with E-state index < -0.39 is 26.3 Å². The van der Waals surface area contributed by atoms with Gasteiger partial charge in [-0.1, -0.05) is 6.08 Å². The van der Waals surface area contributed by atoms with Crippen molar-refractivity contribution in [2.45, 2.75) is 11.9 Å². The van der Waals surface area contributed by atoms with E-state index in [1.54, 1.807) is 0 Å². The molecule has 0 aromatic carbocycles. The predicted octanol–water partition coefficient (Wildman–Crippen LogP) is 0.468. The van der Waals surface area contributed by atoms with Gasteiger partial charge in [-0.3, -0.25) is 0 Å². The summed E-state index contributed by atoms with van der Waals surface area (Å²) in [5.41, 5.74) is -1.52. The first-order valence-electron chi connectivity index (χ1n) is 4.29. The van der Waals surface area contributed by atoms with Gasteiger partial charge in [0.25, 0.3) is 0 Å².